The van der Waals surface area contributed by atoms with Gasteiger partial charge in [0, 0.05) is 36.6 Å². The highest BCUT2D eigenvalue weighted by molar-refractivity contribution is 14.0. The number of nitrogens with one attached hydrogen (secondary N) is 2. The van der Waals surface area contributed by atoms with Crippen molar-refractivity contribution < 1.29 is 0 Å². The third kappa shape index (κ3) is 5.83. The zero-order valence-electron chi connectivity index (χ0n) is 15.9. The maximum Gasteiger partial charge on any atom is 0.191 e. The fourth-order valence-electron chi connectivity index (χ4n) is 3.85. The molecule has 1 aromatic carbocycles. The van der Waals surface area contributed by atoms with E-state index in [1.54, 1.807) is 0 Å². The Morgan fingerprint density at radius 1 is 1.35 bits per heavy atom. The summed E-state index contributed by atoms with van der Waals surface area (Å²) in [4.78, 5) is 7.00. The number of likely N-dealkylation sites (tertiary alicyclic amines) is 1. The first-order chi connectivity index (χ1) is 12.1. The normalized spacial score (nSPS) is 22.0. The molecule has 2 aliphatic rings. The van der Waals surface area contributed by atoms with Crippen LogP contribution in [-0.2, 0) is 5.41 Å². The Kier molecular flexibility index (Phi) is 8.67. The van der Waals surface area contributed by atoms with E-state index in [-0.39, 0.29) is 29.4 Å². The number of aliphatic imine (C=N–C) groups is 1. The van der Waals surface area contributed by atoms with Crippen LogP contribution < -0.4 is 10.6 Å². The monoisotopic (exact) mass is 534 g/mol. The Hall–Kier alpha value is -0.340. The first-order valence-corrected chi connectivity index (χ1v) is 10.4. The van der Waals surface area contributed by atoms with Crippen LogP contribution in [0.3, 0.4) is 0 Å². The van der Waals surface area contributed by atoms with Crippen molar-refractivity contribution in [1.82, 2.24) is 15.5 Å². The Morgan fingerprint density at radius 2 is 2.15 bits per heavy atom. The number of hydrogen-bond donors (Lipinski definition) is 2. The number of hydrogen-bond acceptors (Lipinski definition) is 2. The predicted octanol–water partition coefficient (Wildman–Crippen LogP) is 4.00. The summed E-state index contributed by atoms with van der Waals surface area (Å²) < 4.78 is 1.16. The van der Waals surface area contributed by atoms with Gasteiger partial charge in [-0.3, -0.25) is 4.99 Å². The van der Waals surface area contributed by atoms with Gasteiger partial charge in [-0.25, -0.2) is 0 Å². The highest BCUT2D eigenvalue weighted by Gasteiger charge is 2.44. The van der Waals surface area contributed by atoms with E-state index in [1.165, 1.54) is 50.9 Å². The second kappa shape index (κ2) is 10.3. The van der Waals surface area contributed by atoms with Gasteiger partial charge in [-0.1, -0.05) is 35.0 Å². The summed E-state index contributed by atoms with van der Waals surface area (Å²) in [5, 5.41) is 7.10. The van der Waals surface area contributed by atoms with Gasteiger partial charge in [0.05, 0.1) is 0 Å². The van der Waals surface area contributed by atoms with Gasteiger partial charge < -0.3 is 15.5 Å². The molecular formula is C20H32BrIN4. The van der Waals surface area contributed by atoms with Crippen LogP contribution in [0, 0.1) is 5.92 Å². The van der Waals surface area contributed by atoms with Crippen molar-refractivity contribution in [2.45, 2.75) is 38.0 Å². The highest BCUT2D eigenvalue weighted by atomic mass is 127. The molecule has 3 rings (SSSR count). The molecule has 0 bridgehead atoms. The Bertz CT molecular complexity index is 603. The van der Waals surface area contributed by atoms with Crippen molar-refractivity contribution in [2.24, 2.45) is 10.9 Å². The number of nitrogens with zero attached hydrogens (tertiary/aromatic N) is 2. The molecule has 1 aromatic rings. The molecule has 26 heavy (non-hydrogen) atoms. The Labute approximate surface area is 183 Å². The van der Waals surface area contributed by atoms with E-state index in [1.807, 2.05) is 7.05 Å². The molecule has 2 N–H and O–H groups in total. The third-order valence-electron chi connectivity index (χ3n) is 5.58. The second-order valence-corrected chi connectivity index (χ2v) is 8.47. The maximum absolute atomic E-state index is 4.42. The van der Waals surface area contributed by atoms with E-state index in [2.05, 4.69) is 67.6 Å². The van der Waals surface area contributed by atoms with Crippen LogP contribution in [0.2, 0.25) is 0 Å². The van der Waals surface area contributed by atoms with Crippen molar-refractivity contribution in [1.29, 1.82) is 0 Å². The van der Waals surface area contributed by atoms with E-state index in [4.69, 9.17) is 0 Å². The molecule has 2 fully saturated rings. The van der Waals surface area contributed by atoms with Crippen molar-refractivity contribution in [3.05, 3.63) is 34.3 Å². The standard InChI is InChI=1S/C20H31BrN4.HI/c1-3-10-25-11-7-16(14-25)13-23-19(22-2)24-15-20(8-9-20)17-5-4-6-18(21)12-17;/h4-6,12,16H,3,7-11,13-15H2,1-2H3,(H2,22,23,24);1H. The van der Waals surface area contributed by atoms with E-state index >= 15 is 0 Å². The minimum Gasteiger partial charge on any atom is -0.356 e. The number of benzene rings is 1. The summed E-state index contributed by atoms with van der Waals surface area (Å²) >= 11 is 3.59. The van der Waals surface area contributed by atoms with Gasteiger partial charge in [-0.05, 0) is 62.4 Å². The molecule has 146 valence electrons. The van der Waals surface area contributed by atoms with Crippen LogP contribution in [0.4, 0.5) is 0 Å². The summed E-state index contributed by atoms with van der Waals surface area (Å²) in [5.74, 6) is 1.68. The van der Waals surface area contributed by atoms with E-state index in [0.717, 1.165) is 29.4 Å². The molecular weight excluding hydrogens is 503 g/mol. The minimum absolute atomic E-state index is 0. The summed E-state index contributed by atoms with van der Waals surface area (Å²) in [6.45, 7) is 7.94. The quantitative estimate of drug-likeness (QED) is 0.315. The lowest BCUT2D eigenvalue weighted by molar-refractivity contribution is 0.324. The molecule has 4 nitrogen and oxygen atoms in total. The summed E-state index contributed by atoms with van der Waals surface area (Å²) in [7, 11) is 1.87. The van der Waals surface area contributed by atoms with Crippen molar-refractivity contribution in [3.8, 4) is 0 Å². The van der Waals surface area contributed by atoms with Crippen LogP contribution in [0.5, 0.6) is 0 Å². The van der Waals surface area contributed by atoms with E-state index in [9.17, 15) is 0 Å². The molecule has 0 amide bonds. The van der Waals surface area contributed by atoms with E-state index < -0.39 is 0 Å². The topological polar surface area (TPSA) is 39.7 Å². The summed E-state index contributed by atoms with van der Waals surface area (Å²) in [6.07, 6.45) is 5.05. The third-order valence-corrected chi connectivity index (χ3v) is 6.07. The lowest BCUT2D eigenvalue weighted by Gasteiger charge is -2.20. The largest absolute Gasteiger partial charge is 0.356 e. The van der Waals surface area contributed by atoms with Gasteiger partial charge in [-0.15, -0.1) is 24.0 Å². The first-order valence-electron chi connectivity index (χ1n) is 9.58. The molecule has 6 heteroatoms. The van der Waals surface area contributed by atoms with Gasteiger partial charge in [-0.2, -0.15) is 0 Å². The predicted molar refractivity (Wildman–Crippen MR) is 125 cm³/mol. The fraction of sp³-hybridized carbons (Fsp3) is 0.650. The lowest BCUT2D eigenvalue weighted by atomic mass is 9.96. The molecule has 1 saturated carbocycles. The molecule has 1 unspecified atom stereocenters. The van der Waals surface area contributed by atoms with Gasteiger partial charge in [0.2, 0.25) is 0 Å². The summed E-state index contributed by atoms with van der Waals surface area (Å²) in [6, 6.07) is 8.73. The van der Waals surface area contributed by atoms with Crippen LogP contribution >= 0.6 is 39.9 Å². The van der Waals surface area contributed by atoms with Crippen molar-refractivity contribution in [2.75, 3.05) is 39.8 Å². The smallest absolute Gasteiger partial charge is 0.191 e. The molecule has 1 aliphatic heterocycles. The van der Waals surface area contributed by atoms with Crippen LogP contribution in [0.1, 0.15) is 38.2 Å². The zero-order valence-corrected chi connectivity index (χ0v) is 19.8. The molecule has 1 atom stereocenters. The maximum atomic E-state index is 4.42. The average Bonchev–Trinajstić information content (AvgIpc) is 3.28. The Balaban J connectivity index is 0.00000243. The van der Waals surface area contributed by atoms with Gasteiger partial charge in [0.1, 0.15) is 0 Å². The van der Waals surface area contributed by atoms with Crippen LogP contribution in [0.25, 0.3) is 0 Å². The van der Waals surface area contributed by atoms with Crippen LogP contribution in [0.15, 0.2) is 33.7 Å². The highest BCUT2D eigenvalue weighted by Crippen LogP contribution is 2.48. The first kappa shape index (κ1) is 22.0. The Morgan fingerprint density at radius 3 is 2.81 bits per heavy atom. The van der Waals surface area contributed by atoms with Crippen molar-refractivity contribution in [3.63, 3.8) is 0 Å². The van der Waals surface area contributed by atoms with E-state index in [0.29, 0.717) is 0 Å². The second-order valence-electron chi connectivity index (χ2n) is 7.55. The van der Waals surface area contributed by atoms with Gasteiger partial charge in [0.25, 0.3) is 0 Å². The number of guanidine groups is 1. The molecule has 1 aliphatic carbocycles. The minimum atomic E-state index is 0. The van der Waals surface area contributed by atoms with Crippen LogP contribution in [-0.4, -0.2) is 50.6 Å². The SMILES string of the molecule is CCCN1CCC(CNC(=NC)NCC2(c3cccc(Br)c3)CC2)C1.I. The summed E-state index contributed by atoms with van der Waals surface area (Å²) in [5.41, 5.74) is 1.71. The average molecular weight is 535 g/mol. The van der Waals surface area contributed by atoms with Gasteiger partial charge >= 0.3 is 0 Å². The molecule has 1 saturated heterocycles. The lowest BCUT2D eigenvalue weighted by Crippen LogP contribution is -2.43. The number of rotatable bonds is 7. The number of halogens is 2. The molecule has 0 radical (unpaired) electrons. The molecule has 1 heterocycles. The molecule has 0 aromatic heterocycles. The molecule has 0 spiro atoms. The van der Waals surface area contributed by atoms with Crippen molar-refractivity contribution >= 4 is 45.9 Å². The zero-order chi connectivity index (χ0) is 17.7. The fourth-order valence-corrected chi connectivity index (χ4v) is 4.25. The van der Waals surface area contributed by atoms with Gasteiger partial charge in [0.15, 0.2) is 5.96 Å².